The van der Waals surface area contributed by atoms with E-state index in [0.29, 0.717) is 10.8 Å². The molecule has 1 aromatic carbocycles. The van der Waals surface area contributed by atoms with E-state index in [9.17, 15) is 4.79 Å². The molecule has 5 nitrogen and oxygen atoms in total. The van der Waals surface area contributed by atoms with Crippen molar-refractivity contribution in [3.05, 3.63) is 47.1 Å². The number of thioether (sulfide) groups is 1. The number of amides is 1. The number of nitrogens with zero attached hydrogens (tertiary/aromatic N) is 3. The maximum Gasteiger partial charge on any atom is 0.277 e. The first-order valence-electron chi connectivity index (χ1n) is 7.31. The lowest BCUT2D eigenvalue weighted by Crippen LogP contribution is -2.13. The van der Waals surface area contributed by atoms with Crippen molar-refractivity contribution in [3.8, 4) is 11.3 Å². The van der Waals surface area contributed by atoms with Gasteiger partial charge in [-0.2, -0.15) is 5.10 Å². The lowest BCUT2D eigenvalue weighted by molar-refractivity contribution is 0.102. The number of nitrogens with one attached hydrogen (secondary N) is 1. The third kappa shape index (κ3) is 2.66. The molecular weight excluding hydrogens is 328 g/mol. The van der Waals surface area contributed by atoms with Gasteiger partial charge in [-0.15, -0.1) is 23.1 Å². The van der Waals surface area contributed by atoms with E-state index in [2.05, 4.69) is 27.5 Å². The molecule has 0 aliphatic carbocycles. The summed E-state index contributed by atoms with van der Waals surface area (Å²) in [4.78, 5) is 19.3. The molecule has 0 bridgehead atoms. The second kappa shape index (κ2) is 5.82. The average Bonchev–Trinajstić information content (AvgIpc) is 3.21. The van der Waals surface area contributed by atoms with Crippen LogP contribution < -0.4 is 5.32 Å². The summed E-state index contributed by atoms with van der Waals surface area (Å²) in [5.41, 5.74) is 2.54. The first-order valence-corrected chi connectivity index (χ1v) is 9.11. The van der Waals surface area contributed by atoms with Gasteiger partial charge in [-0.1, -0.05) is 18.2 Å². The van der Waals surface area contributed by atoms with Crippen LogP contribution >= 0.6 is 23.1 Å². The molecule has 2 aromatic heterocycles. The number of hydrogen-bond donors (Lipinski definition) is 1. The van der Waals surface area contributed by atoms with E-state index >= 15 is 0 Å². The number of hydrogen-bond acceptors (Lipinski definition) is 5. The molecule has 0 saturated heterocycles. The van der Waals surface area contributed by atoms with Crippen LogP contribution in [-0.2, 0) is 12.3 Å². The maximum atomic E-state index is 12.3. The summed E-state index contributed by atoms with van der Waals surface area (Å²) in [7, 11) is 0. The summed E-state index contributed by atoms with van der Waals surface area (Å²) >= 11 is 3.34. The van der Waals surface area contributed by atoms with E-state index in [4.69, 9.17) is 0 Å². The largest absolute Gasteiger partial charge is 0.296 e. The van der Waals surface area contributed by atoms with Crippen molar-refractivity contribution < 1.29 is 4.79 Å². The average molecular weight is 342 g/mol. The van der Waals surface area contributed by atoms with Crippen molar-refractivity contribution in [3.63, 3.8) is 0 Å². The van der Waals surface area contributed by atoms with E-state index < -0.39 is 0 Å². The second-order valence-corrected chi connectivity index (χ2v) is 7.19. The smallest absolute Gasteiger partial charge is 0.277 e. The van der Waals surface area contributed by atoms with Gasteiger partial charge in [-0.25, -0.2) is 4.98 Å². The molecular formula is C16H14N4OS2. The Morgan fingerprint density at radius 1 is 1.35 bits per heavy atom. The van der Waals surface area contributed by atoms with Gasteiger partial charge >= 0.3 is 0 Å². The molecule has 4 rings (SSSR count). The molecule has 1 N–H and O–H groups in total. The maximum absolute atomic E-state index is 12.3. The zero-order chi connectivity index (χ0) is 15.8. The lowest BCUT2D eigenvalue weighted by Gasteiger charge is -2.13. The van der Waals surface area contributed by atoms with Gasteiger partial charge in [0.2, 0.25) is 0 Å². The Balaban J connectivity index is 1.60. The molecule has 0 fully saturated rings. The van der Waals surface area contributed by atoms with E-state index in [0.717, 1.165) is 23.6 Å². The van der Waals surface area contributed by atoms with E-state index in [1.54, 1.807) is 16.9 Å². The summed E-state index contributed by atoms with van der Waals surface area (Å²) in [6.07, 6.45) is 1.80. The van der Waals surface area contributed by atoms with Gasteiger partial charge < -0.3 is 0 Å². The highest BCUT2D eigenvalue weighted by molar-refractivity contribution is 7.98. The number of fused-ring (bicyclic) bond motifs is 3. The Labute approximate surface area is 141 Å². The Bertz CT molecular complexity index is 884. The molecule has 0 unspecified atom stereocenters. The predicted molar refractivity (Wildman–Crippen MR) is 93.0 cm³/mol. The third-order valence-corrected chi connectivity index (χ3v) is 5.87. The van der Waals surface area contributed by atoms with Gasteiger partial charge in [-0.05, 0) is 19.1 Å². The zero-order valence-corrected chi connectivity index (χ0v) is 14.1. The predicted octanol–water partition coefficient (Wildman–Crippen LogP) is 3.88. The van der Waals surface area contributed by atoms with Gasteiger partial charge in [0, 0.05) is 33.8 Å². The first kappa shape index (κ1) is 14.5. The van der Waals surface area contributed by atoms with E-state index in [1.165, 1.54) is 21.1 Å². The van der Waals surface area contributed by atoms with Gasteiger partial charge in [0.05, 0.1) is 5.69 Å². The number of thiazole rings is 1. The Morgan fingerprint density at radius 2 is 2.22 bits per heavy atom. The number of aromatic nitrogens is 3. The number of carbonyl (C=O) groups is 1. The highest BCUT2D eigenvalue weighted by Gasteiger charge is 2.22. The van der Waals surface area contributed by atoms with Crippen molar-refractivity contribution in [2.45, 2.75) is 24.1 Å². The molecule has 23 heavy (non-hydrogen) atoms. The Morgan fingerprint density at radius 3 is 3.04 bits per heavy atom. The quantitative estimate of drug-likeness (QED) is 0.784. The van der Waals surface area contributed by atoms with Gasteiger partial charge in [0.25, 0.3) is 5.91 Å². The number of carbonyl (C=O) groups excluding carboxylic acids is 1. The zero-order valence-electron chi connectivity index (χ0n) is 12.4. The minimum Gasteiger partial charge on any atom is -0.296 e. The van der Waals surface area contributed by atoms with Gasteiger partial charge in [0.1, 0.15) is 0 Å². The van der Waals surface area contributed by atoms with Crippen LogP contribution in [0.5, 0.6) is 0 Å². The molecule has 116 valence electrons. The highest BCUT2D eigenvalue weighted by atomic mass is 32.2. The van der Waals surface area contributed by atoms with Crippen LogP contribution in [0.3, 0.4) is 0 Å². The standard InChI is InChI=1S/C16H14N4OS2/c1-2-20-8-7-11(19-20)15(21)18-16-17-14-10-5-3-4-6-12(10)22-9-13(14)23-16/h3-8H,2,9H2,1H3,(H,17,18,21). The second-order valence-electron chi connectivity index (χ2n) is 5.09. The molecule has 3 aromatic rings. The molecule has 0 atom stereocenters. The Hall–Kier alpha value is -2.12. The molecule has 7 heteroatoms. The molecule has 1 aliphatic rings. The fraction of sp³-hybridized carbons (Fsp3) is 0.188. The first-order chi connectivity index (χ1) is 11.2. The van der Waals surface area contributed by atoms with Crippen LogP contribution in [0, 0.1) is 0 Å². The molecule has 3 heterocycles. The van der Waals surface area contributed by atoms with Crippen LogP contribution in [0.2, 0.25) is 0 Å². The van der Waals surface area contributed by atoms with Crippen molar-refractivity contribution in [1.82, 2.24) is 14.8 Å². The topological polar surface area (TPSA) is 59.8 Å². The van der Waals surface area contributed by atoms with E-state index in [1.807, 2.05) is 30.8 Å². The van der Waals surface area contributed by atoms with E-state index in [-0.39, 0.29) is 5.91 Å². The molecule has 0 spiro atoms. The summed E-state index contributed by atoms with van der Waals surface area (Å²) in [5.74, 6) is 0.675. The highest BCUT2D eigenvalue weighted by Crippen LogP contribution is 2.44. The number of anilines is 1. The van der Waals surface area contributed by atoms with Crippen LogP contribution in [0.4, 0.5) is 5.13 Å². The SMILES string of the molecule is CCn1ccc(C(=O)Nc2nc3c(s2)CSc2ccccc2-3)n1. The molecule has 1 aliphatic heterocycles. The Kier molecular flexibility index (Phi) is 3.66. The normalized spacial score (nSPS) is 12.6. The fourth-order valence-corrected chi connectivity index (χ4v) is 4.56. The van der Waals surface area contributed by atoms with Crippen LogP contribution in [0.25, 0.3) is 11.3 Å². The third-order valence-electron chi connectivity index (χ3n) is 3.62. The summed E-state index contributed by atoms with van der Waals surface area (Å²) in [6, 6.07) is 9.96. The lowest BCUT2D eigenvalue weighted by atomic mass is 10.1. The fourth-order valence-electron chi connectivity index (χ4n) is 2.46. The van der Waals surface area contributed by atoms with Gasteiger partial charge in [-0.3, -0.25) is 14.8 Å². The van der Waals surface area contributed by atoms with Crippen molar-refractivity contribution in [2.75, 3.05) is 5.32 Å². The monoisotopic (exact) mass is 342 g/mol. The minimum atomic E-state index is -0.218. The van der Waals surface area contributed by atoms with Crippen LogP contribution in [0.1, 0.15) is 22.3 Å². The van der Waals surface area contributed by atoms with Gasteiger partial charge in [0.15, 0.2) is 10.8 Å². The summed E-state index contributed by atoms with van der Waals surface area (Å²) < 4.78 is 1.73. The van der Waals surface area contributed by atoms with Crippen molar-refractivity contribution in [1.29, 1.82) is 0 Å². The number of rotatable bonds is 3. The summed E-state index contributed by atoms with van der Waals surface area (Å²) in [5, 5.41) is 7.72. The molecule has 0 saturated carbocycles. The molecule has 0 radical (unpaired) electrons. The van der Waals surface area contributed by atoms with Crippen LogP contribution in [-0.4, -0.2) is 20.7 Å². The van der Waals surface area contributed by atoms with Crippen molar-refractivity contribution in [2.24, 2.45) is 0 Å². The van der Waals surface area contributed by atoms with Crippen LogP contribution in [0.15, 0.2) is 41.4 Å². The number of benzene rings is 1. The number of aryl methyl sites for hydroxylation is 1. The minimum absolute atomic E-state index is 0.218. The van der Waals surface area contributed by atoms with Crippen molar-refractivity contribution >= 4 is 34.1 Å². The summed E-state index contributed by atoms with van der Waals surface area (Å²) in [6.45, 7) is 2.73. The molecule has 1 amide bonds.